The SMILES string of the molecule is c1ccc2sc(NC[C@H]3COC4(CCOCC4)O3)nc2c1. The molecule has 2 aliphatic heterocycles. The summed E-state index contributed by atoms with van der Waals surface area (Å²) in [5.74, 6) is -0.405. The van der Waals surface area contributed by atoms with Gasteiger partial charge in [0.25, 0.3) is 0 Å². The van der Waals surface area contributed by atoms with Crippen molar-refractivity contribution in [2.45, 2.75) is 24.7 Å². The topological polar surface area (TPSA) is 52.6 Å². The molecule has 0 radical (unpaired) electrons. The Bertz CT molecular complexity index is 591. The Morgan fingerprint density at radius 3 is 3.00 bits per heavy atom. The number of nitrogens with one attached hydrogen (secondary N) is 1. The first-order chi connectivity index (χ1) is 10.3. The highest BCUT2D eigenvalue weighted by Gasteiger charge is 2.42. The van der Waals surface area contributed by atoms with Crippen LogP contribution < -0.4 is 5.32 Å². The van der Waals surface area contributed by atoms with E-state index < -0.39 is 5.79 Å². The number of thiazole rings is 1. The number of ether oxygens (including phenoxy) is 3. The van der Waals surface area contributed by atoms with Crippen LogP contribution in [-0.2, 0) is 14.2 Å². The normalized spacial score (nSPS) is 24.7. The molecule has 1 N–H and O–H groups in total. The predicted octanol–water partition coefficient (Wildman–Crippen LogP) is 2.63. The fourth-order valence-electron chi connectivity index (χ4n) is 2.81. The molecule has 2 aliphatic rings. The molecule has 6 heteroatoms. The van der Waals surface area contributed by atoms with E-state index in [0.717, 1.165) is 43.2 Å². The molecule has 1 aromatic carbocycles. The average molecular weight is 306 g/mol. The van der Waals surface area contributed by atoms with Gasteiger partial charge in [0.2, 0.25) is 0 Å². The van der Waals surface area contributed by atoms with Crippen molar-refractivity contribution in [1.29, 1.82) is 0 Å². The van der Waals surface area contributed by atoms with Crippen molar-refractivity contribution >= 4 is 26.7 Å². The molecule has 3 heterocycles. The molecule has 1 spiro atoms. The molecule has 1 atom stereocenters. The fraction of sp³-hybridized carbons (Fsp3) is 0.533. The van der Waals surface area contributed by atoms with Gasteiger partial charge in [-0.2, -0.15) is 0 Å². The average Bonchev–Trinajstić information content (AvgIpc) is 3.10. The lowest BCUT2D eigenvalue weighted by molar-refractivity contribution is -0.209. The zero-order valence-electron chi connectivity index (χ0n) is 11.7. The second kappa shape index (κ2) is 5.53. The maximum Gasteiger partial charge on any atom is 0.183 e. The first kappa shape index (κ1) is 13.5. The van der Waals surface area contributed by atoms with Crippen LogP contribution in [-0.4, -0.2) is 43.2 Å². The van der Waals surface area contributed by atoms with Gasteiger partial charge in [-0.05, 0) is 12.1 Å². The Balaban J connectivity index is 1.36. The van der Waals surface area contributed by atoms with Gasteiger partial charge in [0.05, 0.1) is 30.0 Å². The molecule has 5 nitrogen and oxygen atoms in total. The van der Waals surface area contributed by atoms with E-state index in [2.05, 4.69) is 16.4 Å². The van der Waals surface area contributed by atoms with E-state index in [-0.39, 0.29) is 6.10 Å². The molecule has 2 aromatic rings. The van der Waals surface area contributed by atoms with E-state index in [1.54, 1.807) is 11.3 Å². The van der Waals surface area contributed by atoms with Crippen molar-refractivity contribution in [2.75, 3.05) is 31.7 Å². The molecule has 0 unspecified atom stereocenters. The molecule has 4 rings (SSSR count). The van der Waals surface area contributed by atoms with Gasteiger partial charge >= 0.3 is 0 Å². The van der Waals surface area contributed by atoms with E-state index in [0.29, 0.717) is 6.61 Å². The number of rotatable bonds is 3. The smallest absolute Gasteiger partial charge is 0.183 e. The highest BCUT2D eigenvalue weighted by Crippen LogP contribution is 2.33. The lowest BCUT2D eigenvalue weighted by Gasteiger charge is -2.31. The number of hydrogen-bond donors (Lipinski definition) is 1. The highest BCUT2D eigenvalue weighted by molar-refractivity contribution is 7.22. The van der Waals surface area contributed by atoms with Crippen LogP contribution >= 0.6 is 11.3 Å². The van der Waals surface area contributed by atoms with E-state index in [4.69, 9.17) is 14.2 Å². The lowest BCUT2D eigenvalue weighted by atomic mass is 10.1. The minimum Gasteiger partial charge on any atom is -0.381 e. The Morgan fingerprint density at radius 2 is 2.14 bits per heavy atom. The lowest BCUT2D eigenvalue weighted by Crippen LogP contribution is -2.38. The summed E-state index contributed by atoms with van der Waals surface area (Å²) in [5, 5.41) is 4.31. The standard InChI is InChI=1S/C15H18N2O3S/c1-2-4-13-12(3-1)17-14(21-13)16-9-11-10-19-15(20-11)5-7-18-8-6-15/h1-4,11H,5-10H2,(H,16,17)/t11-/m0/s1. The van der Waals surface area contributed by atoms with Crippen LogP contribution in [0.4, 0.5) is 5.13 Å². The number of benzene rings is 1. The molecule has 21 heavy (non-hydrogen) atoms. The molecule has 0 saturated carbocycles. The molecule has 112 valence electrons. The minimum atomic E-state index is -0.405. The Hall–Kier alpha value is -1.21. The quantitative estimate of drug-likeness (QED) is 0.945. The van der Waals surface area contributed by atoms with Gasteiger partial charge in [-0.15, -0.1) is 0 Å². The second-order valence-electron chi connectivity index (χ2n) is 5.44. The van der Waals surface area contributed by atoms with Crippen LogP contribution in [0.2, 0.25) is 0 Å². The monoisotopic (exact) mass is 306 g/mol. The molecule has 1 aromatic heterocycles. The Morgan fingerprint density at radius 1 is 1.29 bits per heavy atom. The van der Waals surface area contributed by atoms with Crippen LogP contribution in [0.3, 0.4) is 0 Å². The fourth-order valence-corrected chi connectivity index (χ4v) is 3.68. The predicted molar refractivity (Wildman–Crippen MR) is 81.7 cm³/mol. The molecule has 0 bridgehead atoms. The van der Waals surface area contributed by atoms with Gasteiger partial charge < -0.3 is 19.5 Å². The summed E-state index contributed by atoms with van der Waals surface area (Å²) < 4.78 is 18.5. The molecule has 2 saturated heterocycles. The van der Waals surface area contributed by atoms with Crippen molar-refractivity contribution in [2.24, 2.45) is 0 Å². The number of anilines is 1. The summed E-state index contributed by atoms with van der Waals surface area (Å²) in [6.45, 7) is 2.80. The van der Waals surface area contributed by atoms with Crippen molar-refractivity contribution in [3.05, 3.63) is 24.3 Å². The minimum absolute atomic E-state index is 0.0788. The van der Waals surface area contributed by atoms with Crippen LogP contribution in [0.15, 0.2) is 24.3 Å². The highest BCUT2D eigenvalue weighted by atomic mass is 32.1. The van der Waals surface area contributed by atoms with Crippen molar-refractivity contribution < 1.29 is 14.2 Å². The maximum absolute atomic E-state index is 6.10. The van der Waals surface area contributed by atoms with Gasteiger partial charge in [-0.25, -0.2) is 4.98 Å². The summed E-state index contributed by atoms with van der Waals surface area (Å²) in [6, 6.07) is 8.16. The summed E-state index contributed by atoms with van der Waals surface area (Å²) in [4.78, 5) is 4.57. The van der Waals surface area contributed by atoms with Crippen molar-refractivity contribution in [1.82, 2.24) is 4.98 Å². The van der Waals surface area contributed by atoms with Crippen molar-refractivity contribution in [3.8, 4) is 0 Å². The molecule has 0 amide bonds. The van der Waals surface area contributed by atoms with Gasteiger partial charge in [0.15, 0.2) is 10.9 Å². The summed E-state index contributed by atoms with van der Waals surface area (Å²) >= 11 is 1.67. The summed E-state index contributed by atoms with van der Waals surface area (Å²) in [6.07, 6.45) is 1.73. The third-order valence-corrected chi connectivity index (χ3v) is 4.94. The number of fused-ring (bicyclic) bond motifs is 1. The van der Waals surface area contributed by atoms with Gasteiger partial charge in [-0.1, -0.05) is 23.5 Å². The third-order valence-electron chi connectivity index (χ3n) is 3.94. The number of aromatic nitrogens is 1. The Labute approximate surface area is 127 Å². The van der Waals surface area contributed by atoms with E-state index in [1.165, 1.54) is 4.70 Å². The van der Waals surface area contributed by atoms with Crippen LogP contribution in [0.25, 0.3) is 10.2 Å². The molecular formula is C15H18N2O3S. The Kier molecular flexibility index (Phi) is 3.54. The van der Waals surface area contributed by atoms with Crippen LogP contribution in [0.1, 0.15) is 12.8 Å². The van der Waals surface area contributed by atoms with Crippen LogP contribution in [0.5, 0.6) is 0 Å². The first-order valence-corrected chi connectivity index (χ1v) is 8.14. The van der Waals surface area contributed by atoms with Gasteiger partial charge in [-0.3, -0.25) is 0 Å². The number of nitrogens with zero attached hydrogens (tertiary/aromatic N) is 1. The second-order valence-corrected chi connectivity index (χ2v) is 6.47. The summed E-state index contributed by atoms with van der Waals surface area (Å²) in [7, 11) is 0. The zero-order valence-corrected chi connectivity index (χ0v) is 12.5. The number of para-hydroxylation sites is 1. The maximum atomic E-state index is 6.10. The first-order valence-electron chi connectivity index (χ1n) is 7.32. The van der Waals surface area contributed by atoms with E-state index in [9.17, 15) is 0 Å². The van der Waals surface area contributed by atoms with E-state index in [1.807, 2.05) is 18.2 Å². The van der Waals surface area contributed by atoms with Crippen LogP contribution in [0, 0.1) is 0 Å². The van der Waals surface area contributed by atoms with E-state index >= 15 is 0 Å². The van der Waals surface area contributed by atoms with Gasteiger partial charge in [0.1, 0.15) is 6.10 Å². The van der Waals surface area contributed by atoms with Gasteiger partial charge in [0, 0.05) is 19.4 Å². The molecule has 2 fully saturated rings. The van der Waals surface area contributed by atoms with Crippen molar-refractivity contribution in [3.63, 3.8) is 0 Å². The number of hydrogen-bond acceptors (Lipinski definition) is 6. The third kappa shape index (κ3) is 2.76. The zero-order chi connectivity index (χ0) is 14.1. The summed E-state index contributed by atoms with van der Waals surface area (Å²) in [5.41, 5.74) is 1.04. The molecule has 0 aliphatic carbocycles. The molecular weight excluding hydrogens is 288 g/mol. The largest absolute Gasteiger partial charge is 0.381 e.